The fraction of sp³-hybridized carbons (Fsp3) is 0.143. The summed E-state index contributed by atoms with van der Waals surface area (Å²) >= 11 is 3.68. The monoisotopic (exact) mass is 260 g/mol. The van der Waals surface area contributed by atoms with Crippen molar-refractivity contribution in [3.63, 3.8) is 0 Å². The first-order valence-electron chi connectivity index (χ1n) is 5.15. The molecule has 0 amide bonds. The Hall–Kier alpha value is -1.08. The van der Waals surface area contributed by atoms with Crippen molar-refractivity contribution in [1.29, 1.82) is 0 Å². The molecule has 0 heterocycles. The average Bonchev–Trinajstić information content (AvgIpc) is 2.30. The highest BCUT2D eigenvalue weighted by Gasteiger charge is 2.05. The van der Waals surface area contributed by atoms with Crippen molar-refractivity contribution in [3.8, 4) is 11.1 Å². The zero-order valence-electron chi connectivity index (χ0n) is 8.70. The van der Waals surface area contributed by atoms with Crippen molar-refractivity contribution in [2.45, 2.75) is 13.3 Å². The van der Waals surface area contributed by atoms with E-state index in [-0.39, 0.29) is 0 Å². The van der Waals surface area contributed by atoms with Gasteiger partial charge in [0.05, 0.1) is 0 Å². The van der Waals surface area contributed by atoms with Crippen LogP contribution >= 0.6 is 15.9 Å². The van der Waals surface area contributed by atoms with Gasteiger partial charge in [-0.2, -0.15) is 0 Å². The van der Waals surface area contributed by atoms with Crippen molar-refractivity contribution in [2.24, 2.45) is 0 Å². The molecule has 15 heavy (non-hydrogen) atoms. The molecule has 0 bridgehead atoms. The third-order valence-corrected chi connectivity index (χ3v) is 3.48. The Morgan fingerprint density at radius 2 is 1.67 bits per heavy atom. The second-order valence-electron chi connectivity index (χ2n) is 3.50. The molecule has 0 saturated heterocycles. The summed E-state index contributed by atoms with van der Waals surface area (Å²) in [6, 6.07) is 16.9. The molecule has 76 valence electrons. The van der Waals surface area contributed by atoms with Gasteiger partial charge >= 0.3 is 0 Å². The van der Waals surface area contributed by atoms with Crippen LogP contribution in [0.15, 0.2) is 53.0 Å². The second kappa shape index (κ2) is 4.63. The number of aryl methyl sites for hydroxylation is 1. The summed E-state index contributed by atoms with van der Waals surface area (Å²) in [6.07, 6.45) is 1.06. The van der Waals surface area contributed by atoms with Crippen LogP contribution in [-0.4, -0.2) is 0 Å². The van der Waals surface area contributed by atoms with Gasteiger partial charge in [-0.1, -0.05) is 55.5 Å². The number of hydrogen-bond donors (Lipinski definition) is 0. The molecule has 0 unspecified atom stereocenters. The number of benzene rings is 2. The molecule has 0 saturated carbocycles. The zero-order valence-corrected chi connectivity index (χ0v) is 10.3. The molecular weight excluding hydrogens is 248 g/mol. The van der Waals surface area contributed by atoms with Crippen LogP contribution < -0.4 is 0 Å². The van der Waals surface area contributed by atoms with Gasteiger partial charge in [-0.3, -0.25) is 0 Å². The van der Waals surface area contributed by atoms with Gasteiger partial charge in [0.1, 0.15) is 0 Å². The van der Waals surface area contributed by atoms with Crippen LogP contribution in [0.25, 0.3) is 11.1 Å². The molecule has 0 radical (unpaired) electrons. The van der Waals surface area contributed by atoms with E-state index >= 15 is 0 Å². The van der Waals surface area contributed by atoms with Gasteiger partial charge in [-0.25, -0.2) is 0 Å². The van der Waals surface area contributed by atoms with Crippen LogP contribution in [0.5, 0.6) is 0 Å². The molecule has 2 rings (SSSR count). The third-order valence-electron chi connectivity index (χ3n) is 2.54. The smallest absolute Gasteiger partial charge is 0.0285 e. The summed E-state index contributed by atoms with van der Waals surface area (Å²) in [6.45, 7) is 2.18. The lowest BCUT2D eigenvalue weighted by Crippen LogP contribution is -1.86. The predicted molar refractivity (Wildman–Crippen MR) is 69.0 cm³/mol. The van der Waals surface area contributed by atoms with Crippen molar-refractivity contribution >= 4 is 15.9 Å². The first kappa shape index (κ1) is 10.4. The molecule has 0 aromatic heterocycles. The van der Waals surface area contributed by atoms with Crippen LogP contribution in [-0.2, 0) is 6.42 Å². The lowest BCUT2D eigenvalue weighted by atomic mass is 10.0. The molecule has 2 aromatic rings. The molecule has 0 aliphatic carbocycles. The molecule has 0 aliphatic rings. The summed E-state index contributed by atoms with van der Waals surface area (Å²) in [5.41, 5.74) is 3.89. The molecule has 1 heteroatoms. The minimum Gasteiger partial charge on any atom is -0.0622 e. The Morgan fingerprint density at radius 3 is 2.33 bits per heavy atom. The fourth-order valence-electron chi connectivity index (χ4n) is 1.69. The Kier molecular flexibility index (Phi) is 3.22. The van der Waals surface area contributed by atoms with Gasteiger partial charge in [0.25, 0.3) is 0 Å². The number of rotatable bonds is 2. The summed E-state index contributed by atoms with van der Waals surface area (Å²) in [7, 11) is 0. The van der Waals surface area contributed by atoms with Gasteiger partial charge in [-0.15, -0.1) is 0 Å². The van der Waals surface area contributed by atoms with Gasteiger partial charge < -0.3 is 0 Å². The minimum atomic E-state index is 1.06. The van der Waals surface area contributed by atoms with E-state index in [1.54, 1.807) is 0 Å². The van der Waals surface area contributed by atoms with E-state index < -0.39 is 0 Å². The van der Waals surface area contributed by atoms with E-state index in [0.717, 1.165) is 6.42 Å². The zero-order chi connectivity index (χ0) is 10.7. The number of halogens is 1. The lowest BCUT2D eigenvalue weighted by molar-refractivity contribution is 1.13. The molecule has 0 fully saturated rings. The highest BCUT2D eigenvalue weighted by atomic mass is 79.9. The maximum Gasteiger partial charge on any atom is 0.0285 e. The number of hydrogen-bond acceptors (Lipinski definition) is 0. The SMILES string of the molecule is CCc1cccc(-c2ccccc2)c1Br. The Balaban J connectivity index is 2.54. The molecule has 0 atom stereocenters. The van der Waals surface area contributed by atoms with Gasteiger partial charge in [0.15, 0.2) is 0 Å². The summed E-state index contributed by atoms with van der Waals surface area (Å²) in [5, 5.41) is 0. The maximum atomic E-state index is 3.68. The molecule has 2 aromatic carbocycles. The first-order valence-corrected chi connectivity index (χ1v) is 5.95. The predicted octanol–water partition coefficient (Wildman–Crippen LogP) is 4.68. The standard InChI is InChI=1S/C14H13Br/c1-2-11-9-6-10-13(14(11)15)12-7-4-3-5-8-12/h3-10H,2H2,1H3. The van der Waals surface area contributed by atoms with Gasteiger partial charge in [-0.05, 0) is 39.0 Å². The van der Waals surface area contributed by atoms with Crippen LogP contribution in [0.3, 0.4) is 0 Å². The first-order chi connectivity index (χ1) is 7.33. The van der Waals surface area contributed by atoms with Crippen molar-refractivity contribution in [2.75, 3.05) is 0 Å². The second-order valence-corrected chi connectivity index (χ2v) is 4.29. The minimum absolute atomic E-state index is 1.06. The van der Waals surface area contributed by atoms with Crippen LogP contribution in [0.2, 0.25) is 0 Å². The van der Waals surface area contributed by atoms with Crippen molar-refractivity contribution in [1.82, 2.24) is 0 Å². The van der Waals surface area contributed by atoms with Crippen LogP contribution in [0.4, 0.5) is 0 Å². The molecule has 0 spiro atoms. The fourth-order valence-corrected chi connectivity index (χ4v) is 2.47. The summed E-state index contributed by atoms with van der Waals surface area (Å²) in [4.78, 5) is 0. The van der Waals surface area contributed by atoms with E-state index in [1.807, 2.05) is 6.07 Å². The largest absolute Gasteiger partial charge is 0.0622 e. The highest BCUT2D eigenvalue weighted by molar-refractivity contribution is 9.10. The van der Waals surface area contributed by atoms with Gasteiger partial charge in [0.2, 0.25) is 0 Å². The quantitative estimate of drug-likeness (QED) is 0.736. The van der Waals surface area contributed by atoms with Gasteiger partial charge in [0, 0.05) is 4.47 Å². The topological polar surface area (TPSA) is 0 Å². The van der Waals surface area contributed by atoms with E-state index in [9.17, 15) is 0 Å². The molecular formula is C14H13Br. The highest BCUT2D eigenvalue weighted by Crippen LogP contribution is 2.30. The van der Waals surface area contributed by atoms with Crippen LogP contribution in [0.1, 0.15) is 12.5 Å². The van der Waals surface area contributed by atoms with E-state index in [4.69, 9.17) is 0 Å². The molecule has 0 N–H and O–H groups in total. The maximum absolute atomic E-state index is 3.68. The summed E-state index contributed by atoms with van der Waals surface area (Å²) < 4.78 is 1.22. The van der Waals surface area contributed by atoms with E-state index in [1.165, 1.54) is 21.2 Å². The lowest BCUT2D eigenvalue weighted by Gasteiger charge is -2.08. The average molecular weight is 261 g/mol. The Morgan fingerprint density at radius 1 is 0.933 bits per heavy atom. The third kappa shape index (κ3) is 2.13. The van der Waals surface area contributed by atoms with E-state index in [0.29, 0.717) is 0 Å². The van der Waals surface area contributed by atoms with Crippen LogP contribution in [0, 0.1) is 0 Å². The Labute approximate surface area is 99.1 Å². The molecule has 0 aliphatic heterocycles. The van der Waals surface area contributed by atoms with Crippen molar-refractivity contribution in [3.05, 3.63) is 58.6 Å². The van der Waals surface area contributed by atoms with Crippen molar-refractivity contribution < 1.29 is 0 Å². The molecule has 0 nitrogen and oxygen atoms in total. The normalized spacial score (nSPS) is 10.3. The summed E-state index contributed by atoms with van der Waals surface area (Å²) in [5.74, 6) is 0. The Bertz CT molecular complexity index is 446. The van der Waals surface area contributed by atoms with E-state index in [2.05, 4.69) is 65.3 Å².